The van der Waals surface area contributed by atoms with Gasteiger partial charge in [0.2, 0.25) is 0 Å². The molecular weight excluding hydrogens is 353 g/mol. The van der Waals surface area contributed by atoms with Crippen LogP contribution in [0.4, 0.5) is 0 Å². The Balaban J connectivity index is 1.81. The quantitative estimate of drug-likeness (QED) is 0.637. The first-order valence-corrected chi connectivity index (χ1v) is 8.83. The SMILES string of the molecule is OC(CNCc1ccc(Cl)cc1)(c1ccccc1)c1ccc(Cl)cc1. The van der Waals surface area contributed by atoms with Crippen molar-refractivity contribution in [2.24, 2.45) is 0 Å². The van der Waals surface area contributed by atoms with Gasteiger partial charge in [-0.25, -0.2) is 0 Å². The number of aliphatic hydroxyl groups is 1. The molecule has 0 saturated carbocycles. The van der Waals surface area contributed by atoms with E-state index < -0.39 is 5.60 Å². The topological polar surface area (TPSA) is 32.3 Å². The van der Waals surface area contributed by atoms with Gasteiger partial charge in [0, 0.05) is 23.1 Å². The number of halogens is 2. The molecule has 25 heavy (non-hydrogen) atoms. The summed E-state index contributed by atoms with van der Waals surface area (Å²) in [7, 11) is 0. The van der Waals surface area contributed by atoms with E-state index in [0.29, 0.717) is 23.1 Å². The molecule has 0 aliphatic heterocycles. The molecule has 0 fully saturated rings. The summed E-state index contributed by atoms with van der Waals surface area (Å²) >= 11 is 11.9. The molecule has 0 radical (unpaired) electrons. The molecule has 0 aromatic heterocycles. The molecule has 0 aliphatic carbocycles. The highest BCUT2D eigenvalue weighted by Gasteiger charge is 2.31. The monoisotopic (exact) mass is 371 g/mol. The Bertz CT molecular complexity index is 804. The average molecular weight is 372 g/mol. The summed E-state index contributed by atoms with van der Waals surface area (Å²) in [6, 6.07) is 24.6. The van der Waals surface area contributed by atoms with Crippen molar-refractivity contribution in [3.8, 4) is 0 Å². The van der Waals surface area contributed by atoms with E-state index >= 15 is 0 Å². The maximum absolute atomic E-state index is 11.4. The summed E-state index contributed by atoms with van der Waals surface area (Å²) in [6.07, 6.45) is 0. The van der Waals surface area contributed by atoms with Crippen LogP contribution in [-0.2, 0) is 12.1 Å². The molecule has 4 heteroatoms. The molecule has 1 atom stereocenters. The third kappa shape index (κ3) is 4.42. The number of hydrogen-bond donors (Lipinski definition) is 2. The van der Waals surface area contributed by atoms with Crippen molar-refractivity contribution in [1.29, 1.82) is 0 Å². The fourth-order valence-corrected chi connectivity index (χ4v) is 3.05. The minimum atomic E-state index is -1.14. The molecule has 0 aliphatic rings. The van der Waals surface area contributed by atoms with Gasteiger partial charge in [0.15, 0.2) is 0 Å². The average Bonchev–Trinajstić information content (AvgIpc) is 2.64. The summed E-state index contributed by atoms with van der Waals surface area (Å²) < 4.78 is 0. The zero-order chi connectivity index (χ0) is 17.7. The molecule has 3 rings (SSSR count). The van der Waals surface area contributed by atoms with E-state index in [1.807, 2.05) is 66.7 Å². The van der Waals surface area contributed by atoms with Crippen molar-refractivity contribution in [2.45, 2.75) is 12.1 Å². The number of benzene rings is 3. The van der Waals surface area contributed by atoms with Crippen molar-refractivity contribution in [3.63, 3.8) is 0 Å². The van der Waals surface area contributed by atoms with Crippen LogP contribution in [0.25, 0.3) is 0 Å². The fraction of sp³-hybridized carbons (Fsp3) is 0.143. The van der Waals surface area contributed by atoms with Crippen molar-refractivity contribution < 1.29 is 5.11 Å². The lowest BCUT2D eigenvalue weighted by Gasteiger charge is -2.30. The lowest BCUT2D eigenvalue weighted by molar-refractivity contribution is 0.0796. The maximum atomic E-state index is 11.4. The smallest absolute Gasteiger partial charge is 0.127 e. The van der Waals surface area contributed by atoms with Gasteiger partial charge in [-0.15, -0.1) is 0 Å². The Hall–Kier alpha value is -1.84. The zero-order valence-electron chi connectivity index (χ0n) is 13.6. The number of rotatable bonds is 6. The lowest BCUT2D eigenvalue weighted by atomic mass is 9.86. The molecule has 0 heterocycles. The highest BCUT2D eigenvalue weighted by atomic mass is 35.5. The maximum Gasteiger partial charge on any atom is 0.127 e. The highest BCUT2D eigenvalue weighted by Crippen LogP contribution is 2.30. The van der Waals surface area contributed by atoms with Crippen LogP contribution >= 0.6 is 23.2 Å². The van der Waals surface area contributed by atoms with Crippen LogP contribution in [-0.4, -0.2) is 11.7 Å². The summed E-state index contributed by atoms with van der Waals surface area (Å²) in [6.45, 7) is 1.02. The van der Waals surface area contributed by atoms with Crippen LogP contribution in [0.3, 0.4) is 0 Å². The normalized spacial score (nSPS) is 13.4. The van der Waals surface area contributed by atoms with Gasteiger partial charge in [-0.3, -0.25) is 0 Å². The fourth-order valence-electron chi connectivity index (χ4n) is 2.80. The second-order valence-electron chi connectivity index (χ2n) is 5.96. The third-order valence-electron chi connectivity index (χ3n) is 4.20. The first-order valence-electron chi connectivity index (χ1n) is 8.07. The van der Waals surface area contributed by atoms with Crippen LogP contribution < -0.4 is 5.32 Å². The Kier molecular flexibility index (Phi) is 5.77. The van der Waals surface area contributed by atoms with Gasteiger partial charge in [0.05, 0.1) is 0 Å². The van der Waals surface area contributed by atoms with Gasteiger partial charge in [0.25, 0.3) is 0 Å². The molecule has 0 saturated heterocycles. The van der Waals surface area contributed by atoms with Crippen molar-refractivity contribution in [1.82, 2.24) is 5.32 Å². The summed E-state index contributed by atoms with van der Waals surface area (Å²) in [4.78, 5) is 0. The Labute approximate surface area is 158 Å². The number of nitrogens with one attached hydrogen (secondary N) is 1. The third-order valence-corrected chi connectivity index (χ3v) is 4.70. The largest absolute Gasteiger partial charge is 0.379 e. The molecule has 1 unspecified atom stereocenters. The summed E-state index contributed by atoms with van der Waals surface area (Å²) in [5, 5.41) is 16.1. The van der Waals surface area contributed by atoms with Gasteiger partial charge >= 0.3 is 0 Å². The van der Waals surface area contributed by atoms with Gasteiger partial charge in [-0.05, 0) is 41.0 Å². The first kappa shape index (κ1) is 18.0. The van der Waals surface area contributed by atoms with E-state index in [1.165, 1.54) is 0 Å². The van der Waals surface area contributed by atoms with Crippen molar-refractivity contribution >= 4 is 23.2 Å². The molecule has 0 amide bonds. The number of hydrogen-bond acceptors (Lipinski definition) is 2. The van der Waals surface area contributed by atoms with Crippen LogP contribution in [0.5, 0.6) is 0 Å². The molecule has 0 spiro atoms. The second-order valence-corrected chi connectivity index (χ2v) is 6.84. The Morgan fingerprint density at radius 3 is 1.84 bits per heavy atom. The van der Waals surface area contributed by atoms with E-state index in [9.17, 15) is 5.11 Å². The summed E-state index contributed by atoms with van der Waals surface area (Å²) in [5.41, 5.74) is 1.60. The summed E-state index contributed by atoms with van der Waals surface area (Å²) in [5.74, 6) is 0. The van der Waals surface area contributed by atoms with E-state index in [4.69, 9.17) is 23.2 Å². The molecule has 3 aromatic carbocycles. The predicted octanol–water partition coefficient (Wildman–Crippen LogP) is 5.02. The van der Waals surface area contributed by atoms with Gasteiger partial charge in [-0.1, -0.05) is 77.8 Å². The predicted molar refractivity (Wildman–Crippen MR) is 104 cm³/mol. The van der Waals surface area contributed by atoms with E-state index in [1.54, 1.807) is 12.1 Å². The lowest BCUT2D eigenvalue weighted by Crippen LogP contribution is -2.39. The molecular formula is C21H19Cl2NO. The van der Waals surface area contributed by atoms with E-state index in [-0.39, 0.29) is 0 Å². The molecule has 3 aromatic rings. The van der Waals surface area contributed by atoms with Crippen LogP contribution in [0.2, 0.25) is 10.0 Å². The molecule has 2 nitrogen and oxygen atoms in total. The van der Waals surface area contributed by atoms with Crippen molar-refractivity contribution in [2.75, 3.05) is 6.54 Å². The van der Waals surface area contributed by atoms with E-state index in [0.717, 1.165) is 16.7 Å². The highest BCUT2D eigenvalue weighted by molar-refractivity contribution is 6.30. The molecule has 128 valence electrons. The minimum absolute atomic E-state index is 0.376. The Morgan fingerprint density at radius 2 is 1.24 bits per heavy atom. The second kappa shape index (κ2) is 8.03. The van der Waals surface area contributed by atoms with Gasteiger partial charge in [-0.2, -0.15) is 0 Å². The molecule has 2 N–H and O–H groups in total. The van der Waals surface area contributed by atoms with Gasteiger partial charge in [0.1, 0.15) is 5.60 Å². The first-order chi connectivity index (χ1) is 12.1. The zero-order valence-corrected chi connectivity index (χ0v) is 15.1. The van der Waals surface area contributed by atoms with Crippen LogP contribution in [0.1, 0.15) is 16.7 Å². The van der Waals surface area contributed by atoms with Crippen LogP contribution in [0, 0.1) is 0 Å². The van der Waals surface area contributed by atoms with Crippen LogP contribution in [0.15, 0.2) is 78.9 Å². The van der Waals surface area contributed by atoms with Crippen molar-refractivity contribution in [3.05, 3.63) is 106 Å². The Morgan fingerprint density at radius 1 is 0.720 bits per heavy atom. The minimum Gasteiger partial charge on any atom is -0.379 e. The van der Waals surface area contributed by atoms with E-state index in [2.05, 4.69) is 5.32 Å². The molecule has 0 bridgehead atoms. The standard InChI is InChI=1S/C21H19Cl2NO/c22-19-10-6-16(7-11-19)14-24-15-21(25,17-4-2-1-3-5-17)18-8-12-20(23)13-9-18/h1-13,24-25H,14-15H2. The van der Waals surface area contributed by atoms with Gasteiger partial charge < -0.3 is 10.4 Å².